The minimum Gasteiger partial charge on any atom is -0.465 e. The second-order valence-electron chi connectivity index (χ2n) is 11.2. The first-order valence-electron chi connectivity index (χ1n) is 14.9. The Morgan fingerprint density at radius 2 is 1.67 bits per heavy atom. The summed E-state index contributed by atoms with van der Waals surface area (Å²) >= 11 is 0. The molecule has 2 heterocycles. The summed E-state index contributed by atoms with van der Waals surface area (Å²) in [6, 6.07) is 19.7. The van der Waals surface area contributed by atoms with Gasteiger partial charge in [-0.1, -0.05) is 49.4 Å². The van der Waals surface area contributed by atoms with Crippen molar-refractivity contribution < 1.29 is 42.1 Å². The van der Waals surface area contributed by atoms with Crippen molar-refractivity contribution in [2.45, 2.75) is 25.6 Å². The standard InChI is InChI=1S/C36H30F3N3O6/c1-4-36(45,20-46-2)33-29(22-10-12-23(13-11-22)34(43)47-3)30-28(41(33)25-14-15-26(37)27(38)17-25)16-24-18-40-42(32(24)31(30)39)35(44)48-19-21-8-6-5-7-9-21/h5-18,45H,4,19-20H2,1-3H3/t36-/m1/s1. The molecule has 48 heavy (non-hydrogen) atoms. The van der Waals surface area contributed by atoms with Gasteiger partial charge in [-0.25, -0.2) is 22.8 Å². The van der Waals surface area contributed by atoms with E-state index in [4.69, 9.17) is 14.2 Å². The summed E-state index contributed by atoms with van der Waals surface area (Å²) in [5.41, 5.74) is -0.180. The molecule has 6 aromatic rings. The maximum atomic E-state index is 17.2. The van der Waals surface area contributed by atoms with E-state index in [0.717, 1.165) is 16.8 Å². The van der Waals surface area contributed by atoms with Crippen LogP contribution in [-0.4, -0.2) is 52.3 Å². The molecule has 12 heteroatoms. The van der Waals surface area contributed by atoms with Crippen LogP contribution in [0.2, 0.25) is 0 Å². The average molecular weight is 658 g/mol. The smallest absolute Gasteiger partial charge is 0.435 e. The number of hydrogen-bond acceptors (Lipinski definition) is 7. The van der Waals surface area contributed by atoms with Gasteiger partial charge >= 0.3 is 12.1 Å². The van der Waals surface area contributed by atoms with Gasteiger partial charge in [0.1, 0.15) is 17.7 Å². The van der Waals surface area contributed by atoms with E-state index in [-0.39, 0.29) is 63.9 Å². The zero-order valence-corrected chi connectivity index (χ0v) is 26.2. The molecular formula is C36H30F3N3O6. The molecule has 6 rings (SSSR count). The first-order valence-corrected chi connectivity index (χ1v) is 14.9. The summed E-state index contributed by atoms with van der Waals surface area (Å²) in [5, 5.41) is 16.4. The van der Waals surface area contributed by atoms with Crippen molar-refractivity contribution in [2.75, 3.05) is 20.8 Å². The molecule has 0 saturated heterocycles. The second-order valence-corrected chi connectivity index (χ2v) is 11.2. The van der Waals surface area contributed by atoms with Crippen molar-refractivity contribution in [1.29, 1.82) is 0 Å². The molecule has 0 aliphatic carbocycles. The highest BCUT2D eigenvalue weighted by Gasteiger charge is 2.38. The molecule has 0 fully saturated rings. The number of methoxy groups -OCH3 is 2. The third kappa shape index (κ3) is 5.58. The normalized spacial score (nSPS) is 12.7. The number of benzene rings is 4. The van der Waals surface area contributed by atoms with Crippen molar-refractivity contribution in [1.82, 2.24) is 14.3 Å². The third-order valence-electron chi connectivity index (χ3n) is 8.27. The van der Waals surface area contributed by atoms with Crippen LogP contribution in [0.25, 0.3) is 38.6 Å². The molecule has 2 aromatic heterocycles. The molecule has 1 N–H and O–H groups in total. The second kappa shape index (κ2) is 13.0. The molecule has 4 aromatic carbocycles. The molecule has 0 radical (unpaired) electrons. The largest absolute Gasteiger partial charge is 0.465 e. The predicted molar refractivity (Wildman–Crippen MR) is 171 cm³/mol. The third-order valence-corrected chi connectivity index (χ3v) is 8.27. The molecule has 0 spiro atoms. The Morgan fingerprint density at radius 1 is 0.938 bits per heavy atom. The summed E-state index contributed by atoms with van der Waals surface area (Å²) < 4.78 is 64.1. The Balaban J connectivity index is 1.68. The predicted octanol–water partition coefficient (Wildman–Crippen LogP) is 7.28. The lowest BCUT2D eigenvalue weighted by Gasteiger charge is -2.29. The van der Waals surface area contributed by atoms with Crippen LogP contribution in [0.1, 0.15) is 35.0 Å². The van der Waals surface area contributed by atoms with Gasteiger partial charge in [-0.2, -0.15) is 9.78 Å². The van der Waals surface area contributed by atoms with Crippen molar-refractivity contribution >= 4 is 33.9 Å². The maximum Gasteiger partial charge on any atom is 0.435 e. The number of nitrogens with zero attached hydrogens (tertiary/aromatic N) is 3. The lowest BCUT2D eigenvalue weighted by Crippen LogP contribution is -2.33. The number of hydrogen-bond donors (Lipinski definition) is 1. The number of rotatable bonds is 9. The van der Waals surface area contributed by atoms with E-state index in [1.54, 1.807) is 49.4 Å². The molecule has 0 aliphatic rings. The monoisotopic (exact) mass is 657 g/mol. The summed E-state index contributed by atoms with van der Waals surface area (Å²) in [7, 11) is 2.63. The fourth-order valence-electron chi connectivity index (χ4n) is 5.90. The number of fused-ring (bicyclic) bond motifs is 2. The molecular weight excluding hydrogens is 627 g/mol. The molecule has 0 amide bonds. The molecule has 1 atom stereocenters. The summed E-state index contributed by atoms with van der Waals surface area (Å²) in [6.07, 6.45) is 0.422. The lowest BCUT2D eigenvalue weighted by molar-refractivity contribution is -0.0422. The van der Waals surface area contributed by atoms with E-state index in [0.29, 0.717) is 11.1 Å². The Morgan fingerprint density at radius 3 is 2.31 bits per heavy atom. The number of aromatic nitrogens is 3. The molecule has 9 nitrogen and oxygen atoms in total. The molecule has 0 aliphatic heterocycles. The number of ether oxygens (including phenoxy) is 3. The highest BCUT2D eigenvalue weighted by atomic mass is 19.2. The van der Waals surface area contributed by atoms with Gasteiger partial charge in [-0.05, 0) is 47.9 Å². The zero-order valence-electron chi connectivity index (χ0n) is 26.2. The Kier molecular flexibility index (Phi) is 8.78. The van der Waals surface area contributed by atoms with Crippen LogP contribution in [0.4, 0.5) is 18.0 Å². The first-order chi connectivity index (χ1) is 23.1. The van der Waals surface area contributed by atoms with Crippen LogP contribution in [0.5, 0.6) is 0 Å². The van der Waals surface area contributed by atoms with Gasteiger partial charge in [0, 0.05) is 35.2 Å². The maximum absolute atomic E-state index is 17.2. The Bertz CT molecular complexity index is 2160. The van der Waals surface area contributed by atoms with Gasteiger partial charge in [0.2, 0.25) is 0 Å². The average Bonchev–Trinajstić information content (AvgIpc) is 3.69. The van der Waals surface area contributed by atoms with E-state index < -0.39 is 35.1 Å². The number of carbonyl (C=O) groups is 2. The highest BCUT2D eigenvalue weighted by molar-refractivity contribution is 6.08. The van der Waals surface area contributed by atoms with Gasteiger partial charge in [0.25, 0.3) is 0 Å². The zero-order chi connectivity index (χ0) is 34.2. The van der Waals surface area contributed by atoms with Gasteiger partial charge < -0.3 is 23.9 Å². The van der Waals surface area contributed by atoms with Crippen LogP contribution in [0, 0.1) is 17.5 Å². The number of halogens is 3. The van der Waals surface area contributed by atoms with Crippen molar-refractivity contribution in [3.8, 4) is 16.8 Å². The van der Waals surface area contributed by atoms with Gasteiger partial charge in [0.15, 0.2) is 17.5 Å². The molecule has 0 bridgehead atoms. The van der Waals surface area contributed by atoms with Gasteiger partial charge in [-0.3, -0.25) is 0 Å². The highest BCUT2D eigenvalue weighted by Crippen LogP contribution is 2.46. The quantitative estimate of drug-likeness (QED) is 0.163. The minimum atomic E-state index is -1.80. The lowest BCUT2D eigenvalue weighted by atomic mass is 9.89. The van der Waals surface area contributed by atoms with Crippen LogP contribution < -0.4 is 0 Å². The van der Waals surface area contributed by atoms with Gasteiger partial charge in [0.05, 0.1) is 36.7 Å². The minimum absolute atomic E-state index is 0.0614. The van der Waals surface area contributed by atoms with Crippen LogP contribution in [0.3, 0.4) is 0 Å². The van der Waals surface area contributed by atoms with Crippen LogP contribution in [-0.2, 0) is 26.4 Å². The van der Waals surface area contributed by atoms with Crippen molar-refractivity contribution in [3.63, 3.8) is 0 Å². The number of aliphatic hydroxyl groups is 1. The fraction of sp³-hybridized carbons (Fsp3) is 0.194. The van der Waals surface area contributed by atoms with Crippen LogP contribution >= 0.6 is 0 Å². The van der Waals surface area contributed by atoms with Crippen LogP contribution in [0.15, 0.2) is 85.1 Å². The van der Waals surface area contributed by atoms with E-state index in [1.165, 1.54) is 43.2 Å². The van der Waals surface area contributed by atoms with E-state index in [2.05, 4.69) is 5.10 Å². The van der Waals surface area contributed by atoms with E-state index in [1.807, 2.05) is 6.07 Å². The van der Waals surface area contributed by atoms with E-state index in [9.17, 15) is 23.5 Å². The van der Waals surface area contributed by atoms with Crippen molar-refractivity contribution in [3.05, 3.63) is 119 Å². The van der Waals surface area contributed by atoms with Crippen molar-refractivity contribution in [2.24, 2.45) is 0 Å². The number of esters is 1. The van der Waals surface area contributed by atoms with E-state index >= 15 is 4.39 Å². The molecule has 0 unspecified atom stereocenters. The SMILES string of the molecule is CC[C@@](O)(COC)c1c(-c2ccc(C(=O)OC)cc2)c2c(F)c3c(cnn3C(=O)OCc3ccccc3)cc2n1-c1ccc(F)c(F)c1. The summed E-state index contributed by atoms with van der Waals surface area (Å²) in [5.74, 6) is -3.74. The van der Waals surface area contributed by atoms with Gasteiger partial charge in [-0.15, -0.1) is 0 Å². The Hall–Kier alpha value is -5.46. The summed E-state index contributed by atoms with van der Waals surface area (Å²) in [6.45, 7) is 1.36. The first kappa shape index (κ1) is 32.5. The topological polar surface area (TPSA) is 105 Å². The fourth-order valence-corrected chi connectivity index (χ4v) is 5.90. The summed E-state index contributed by atoms with van der Waals surface area (Å²) in [4.78, 5) is 25.5. The molecule has 0 saturated carbocycles. The Labute approximate surface area is 272 Å². The molecule has 246 valence electrons. The number of carbonyl (C=O) groups excluding carboxylic acids is 2.